The van der Waals surface area contributed by atoms with Gasteiger partial charge in [-0.15, -0.1) is 0 Å². The molecule has 0 aliphatic carbocycles. The topological polar surface area (TPSA) is 76.7 Å². The number of anilines is 1. The Morgan fingerprint density at radius 3 is 2.62 bits per heavy atom. The molecule has 164 valence electrons. The van der Waals surface area contributed by atoms with Crippen molar-refractivity contribution in [2.45, 2.75) is 39.0 Å². The van der Waals surface area contributed by atoms with Gasteiger partial charge in [-0.3, -0.25) is 9.59 Å². The average molecular weight is 431 g/mol. The molecule has 2 amide bonds. The normalized spacial score (nSPS) is 14.4. The number of para-hydroxylation sites is 2. The highest BCUT2D eigenvalue weighted by molar-refractivity contribution is 5.98. The van der Waals surface area contributed by atoms with Crippen LogP contribution in [0, 0.1) is 0 Å². The third-order valence-corrected chi connectivity index (χ3v) is 5.11. The molecule has 3 aromatic rings. The van der Waals surface area contributed by atoms with Crippen molar-refractivity contribution >= 4 is 17.5 Å². The van der Waals surface area contributed by atoms with Gasteiger partial charge in [-0.25, -0.2) is 0 Å². The summed E-state index contributed by atoms with van der Waals surface area (Å²) in [5.74, 6) is 1.02. The molecule has 1 heterocycles. The Morgan fingerprint density at radius 2 is 1.81 bits per heavy atom. The molecule has 0 aromatic heterocycles. The maximum Gasteiger partial charge on any atom is 0.265 e. The number of hydrogen-bond acceptors (Lipinski definition) is 4. The first-order valence-corrected chi connectivity index (χ1v) is 10.7. The number of carbonyl (C=O) groups excluding carboxylic acids is 2. The Bertz CT molecular complexity index is 1100. The molecule has 2 N–H and O–H groups in total. The van der Waals surface area contributed by atoms with Crippen LogP contribution in [-0.4, -0.2) is 24.0 Å². The van der Waals surface area contributed by atoms with E-state index in [4.69, 9.17) is 9.47 Å². The first-order chi connectivity index (χ1) is 15.5. The second kappa shape index (κ2) is 9.56. The predicted molar refractivity (Wildman–Crippen MR) is 123 cm³/mol. The maximum atomic E-state index is 12.7. The quantitative estimate of drug-likeness (QED) is 0.584. The van der Waals surface area contributed by atoms with Crippen LogP contribution in [0.3, 0.4) is 0 Å². The van der Waals surface area contributed by atoms with Crippen LogP contribution in [0.25, 0.3) is 0 Å². The van der Waals surface area contributed by atoms with E-state index < -0.39 is 6.10 Å². The third kappa shape index (κ3) is 5.09. The summed E-state index contributed by atoms with van der Waals surface area (Å²) in [6.07, 6.45) is -0.00818. The van der Waals surface area contributed by atoms with Crippen LogP contribution in [0.15, 0.2) is 72.8 Å². The van der Waals surface area contributed by atoms with Crippen molar-refractivity contribution in [1.82, 2.24) is 5.32 Å². The highest BCUT2D eigenvalue weighted by Crippen LogP contribution is 2.28. The molecule has 0 fully saturated rings. The van der Waals surface area contributed by atoms with Crippen LogP contribution in [-0.2, 0) is 17.8 Å². The van der Waals surface area contributed by atoms with Crippen molar-refractivity contribution in [2.75, 3.05) is 5.32 Å². The number of ether oxygens (including phenoxy) is 2. The minimum atomic E-state index is -0.581. The van der Waals surface area contributed by atoms with E-state index in [0.29, 0.717) is 24.2 Å². The lowest BCUT2D eigenvalue weighted by Gasteiger charge is -2.15. The maximum absolute atomic E-state index is 12.7. The monoisotopic (exact) mass is 430 g/mol. The van der Waals surface area contributed by atoms with Gasteiger partial charge in [0.05, 0.1) is 6.10 Å². The second-order valence-corrected chi connectivity index (χ2v) is 7.95. The van der Waals surface area contributed by atoms with Gasteiger partial charge in [0.1, 0.15) is 11.5 Å². The van der Waals surface area contributed by atoms with E-state index >= 15 is 0 Å². The van der Waals surface area contributed by atoms with Crippen LogP contribution in [0.2, 0.25) is 0 Å². The van der Waals surface area contributed by atoms with Gasteiger partial charge in [0.25, 0.3) is 11.8 Å². The van der Waals surface area contributed by atoms with Gasteiger partial charge in [-0.2, -0.15) is 0 Å². The van der Waals surface area contributed by atoms with Crippen LogP contribution < -0.4 is 20.1 Å². The molecule has 0 bridgehead atoms. The highest BCUT2D eigenvalue weighted by atomic mass is 16.5. The van der Waals surface area contributed by atoms with E-state index in [1.54, 1.807) is 24.3 Å². The molecule has 6 heteroatoms. The lowest BCUT2D eigenvalue weighted by molar-refractivity contribution is -0.122. The Balaban J connectivity index is 1.37. The zero-order valence-corrected chi connectivity index (χ0v) is 18.1. The Morgan fingerprint density at radius 1 is 1.03 bits per heavy atom. The van der Waals surface area contributed by atoms with Crippen LogP contribution in [0.5, 0.6) is 11.5 Å². The summed E-state index contributed by atoms with van der Waals surface area (Å²) in [4.78, 5) is 25.4. The number of amides is 2. The van der Waals surface area contributed by atoms with Gasteiger partial charge < -0.3 is 20.1 Å². The van der Waals surface area contributed by atoms with E-state index in [1.807, 2.05) is 62.4 Å². The van der Waals surface area contributed by atoms with Gasteiger partial charge >= 0.3 is 0 Å². The Kier molecular flexibility index (Phi) is 6.40. The molecule has 32 heavy (non-hydrogen) atoms. The van der Waals surface area contributed by atoms with Gasteiger partial charge in [0, 0.05) is 29.8 Å². The summed E-state index contributed by atoms with van der Waals surface area (Å²) < 4.78 is 11.5. The predicted octanol–water partition coefficient (Wildman–Crippen LogP) is 4.35. The standard InChI is InChI=1S/C26H26N2O4/c1-17(2)31-23-13-6-4-9-20(23)16-27-25(29)19-10-7-11-21(14-19)28-26(30)24-15-18-8-3-5-12-22(18)32-24/h3-14,17,24H,15-16H2,1-2H3,(H,27,29)(H,28,30). The van der Waals surface area contributed by atoms with Crippen molar-refractivity contribution in [3.63, 3.8) is 0 Å². The summed E-state index contributed by atoms with van der Waals surface area (Å²) in [5, 5.41) is 5.77. The zero-order chi connectivity index (χ0) is 22.5. The Labute approximate surface area is 187 Å². The van der Waals surface area contributed by atoms with E-state index in [0.717, 1.165) is 22.6 Å². The molecular weight excluding hydrogens is 404 g/mol. The number of rotatable bonds is 7. The second-order valence-electron chi connectivity index (χ2n) is 7.95. The summed E-state index contributed by atoms with van der Waals surface area (Å²) >= 11 is 0. The van der Waals surface area contributed by atoms with E-state index in [9.17, 15) is 9.59 Å². The van der Waals surface area contributed by atoms with Crippen molar-refractivity contribution < 1.29 is 19.1 Å². The lowest BCUT2D eigenvalue weighted by Crippen LogP contribution is -2.31. The number of fused-ring (bicyclic) bond motifs is 1. The average Bonchev–Trinajstić information content (AvgIpc) is 3.23. The van der Waals surface area contributed by atoms with Crippen LogP contribution in [0.1, 0.15) is 35.3 Å². The fourth-order valence-electron chi connectivity index (χ4n) is 3.59. The molecule has 1 atom stereocenters. The number of benzene rings is 3. The summed E-state index contributed by atoms with van der Waals surface area (Å²) in [6, 6.07) is 22.1. The third-order valence-electron chi connectivity index (χ3n) is 5.11. The van der Waals surface area contributed by atoms with Gasteiger partial charge in [-0.05, 0) is 49.7 Å². The van der Waals surface area contributed by atoms with Crippen LogP contribution in [0.4, 0.5) is 5.69 Å². The zero-order valence-electron chi connectivity index (χ0n) is 18.1. The summed E-state index contributed by atoms with van der Waals surface area (Å²) in [6.45, 7) is 4.27. The minimum Gasteiger partial charge on any atom is -0.491 e. The molecule has 0 spiro atoms. The van der Waals surface area contributed by atoms with Crippen molar-refractivity contribution in [2.24, 2.45) is 0 Å². The molecule has 1 aliphatic rings. The highest BCUT2D eigenvalue weighted by Gasteiger charge is 2.28. The molecule has 3 aromatic carbocycles. The summed E-state index contributed by atoms with van der Waals surface area (Å²) in [7, 11) is 0. The molecule has 0 radical (unpaired) electrons. The fraction of sp³-hybridized carbons (Fsp3) is 0.231. The van der Waals surface area contributed by atoms with Crippen molar-refractivity contribution in [3.8, 4) is 11.5 Å². The number of hydrogen-bond donors (Lipinski definition) is 2. The van der Waals surface area contributed by atoms with Crippen LogP contribution >= 0.6 is 0 Å². The van der Waals surface area contributed by atoms with E-state index in [-0.39, 0.29) is 17.9 Å². The molecular formula is C26H26N2O4. The largest absolute Gasteiger partial charge is 0.491 e. The van der Waals surface area contributed by atoms with Gasteiger partial charge in [0.2, 0.25) is 0 Å². The smallest absolute Gasteiger partial charge is 0.265 e. The molecule has 0 saturated heterocycles. The van der Waals surface area contributed by atoms with E-state index in [1.165, 1.54) is 0 Å². The molecule has 4 rings (SSSR count). The van der Waals surface area contributed by atoms with Gasteiger partial charge in [0.15, 0.2) is 6.10 Å². The number of carbonyl (C=O) groups is 2. The Hall–Kier alpha value is -3.80. The molecule has 6 nitrogen and oxygen atoms in total. The SMILES string of the molecule is CC(C)Oc1ccccc1CNC(=O)c1cccc(NC(=O)C2Cc3ccccc3O2)c1. The summed E-state index contributed by atoms with van der Waals surface area (Å²) in [5.41, 5.74) is 2.92. The van der Waals surface area contributed by atoms with E-state index in [2.05, 4.69) is 10.6 Å². The molecule has 0 saturated carbocycles. The first kappa shape index (κ1) is 21.4. The van der Waals surface area contributed by atoms with Crippen molar-refractivity contribution in [1.29, 1.82) is 0 Å². The first-order valence-electron chi connectivity index (χ1n) is 10.7. The molecule has 1 unspecified atom stereocenters. The number of nitrogens with one attached hydrogen (secondary N) is 2. The minimum absolute atomic E-state index is 0.0452. The fourth-order valence-corrected chi connectivity index (χ4v) is 3.59. The van der Waals surface area contributed by atoms with Gasteiger partial charge in [-0.1, -0.05) is 42.5 Å². The van der Waals surface area contributed by atoms with Crippen molar-refractivity contribution in [3.05, 3.63) is 89.5 Å². The molecule has 1 aliphatic heterocycles. The lowest BCUT2D eigenvalue weighted by atomic mass is 10.1.